The van der Waals surface area contributed by atoms with Gasteiger partial charge >= 0.3 is 17.9 Å². The van der Waals surface area contributed by atoms with Gasteiger partial charge in [0.2, 0.25) is 0 Å². The van der Waals surface area contributed by atoms with E-state index in [-0.39, 0.29) is 30.6 Å². The standard InChI is InChI=1S/C42H50O10/c1-5-6-7-8-15-20-32(43)52-41-23-27(3)40-22-26(2)34(44)42(40,49)35(45)30(24-50-37(47)28-16-11-9-12-17-28)21-31(36(40)46)33(41)39(41,4)25-51-38(48)29-18-13-10-14-19-29/h9-14,16-19,21-22,27,31,33-35,44-45,49H,5-8,15,20,23-25H2,1-4H3/t27-,31+,33-,34+,35-,39+,40+,41+,42-/m1/s1. The molecule has 0 aliphatic heterocycles. The molecule has 0 aromatic heterocycles. The molecule has 2 saturated carbocycles. The molecule has 52 heavy (non-hydrogen) atoms. The number of unbranched alkanes of at least 4 members (excludes halogenated alkanes) is 4. The topological polar surface area (TPSA) is 157 Å². The van der Waals surface area contributed by atoms with Crippen molar-refractivity contribution in [1.29, 1.82) is 0 Å². The first-order valence-corrected chi connectivity index (χ1v) is 18.5. The highest BCUT2D eigenvalue weighted by molar-refractivity contribution is 5.96. The molecule has 2 fully saturated rings. The molecule has 4 aliphatic carbocycles. The van der Waals surface area contributed by atoms with Crippen LogP contribution >= 0.6 is 0 Å². The van der Waals surface area contributed by atoms with Crippen molar-refractivity contribution in [2.24, 2.45) is 28.6 Å². The van der Waals surface area contributed by atoms with Crippen LogP contribution in [-0.2, 0) is 23.8 Å². The molecule has 6 rings (SSSR count). The Morgan fingerprint density at radius 1 is 0.865 bits per heavy atom. The van der Waals surface area contributed by atoms with Crippen LogP contribution in [0.15, 0.2) is 84.0 Å². The van der Waals surface area contributed by atoms with Gasteiger partial charge in [-0.2, -0.15) is 0 Å². The third-order valence-electron chi connectivity index (χ3n) is 12.3. The number of benzene rings is 2. The molecule has 2 aromatic rings. The van der Waals surface area contributed by atoms with Gasteiger partial charge in [-0.15, -0.1) is 0 Å². The average Bonchev–Trinajstić information content (AvgIpc) is 3.60. The maximum absolute atomic E-state index is 15.2. The molecule has 10 nitrogen and oxygen atoms in total. The van der Waals surface area contributed by atoms with E-state index in [2.05, 4.69) is 6.92 Å². The lowest BCUT2D eigenvalue weighted by molar-refractivity contribution is -0.192. The summed E-state index contributed by atoms with van der Waals surface area (Å²) in [6.45, 7) is 6.66. The van der Waals surface area contributed by atoms with Crippen molar-refractivity contribution in [1.82, 2.24) is 0 Å². The van der Waals surface area contributed by atoms with Crippen molar-refractivity contribution in [3.05, 3.63) is 95.1 Å². The van der Waals surface area contributed by atoms with Gasteiger partial charge in [-0.25, -0.2) is 9.59 Å². The van der Waals surface area contributed by atoms with Crippen molar-refractivity contribution < 1.29 is 48.7 Å². The zero-order valence-corrected chi connectivity index (χ0v) is 30.4. The zero-order valence-electron chi connectivity index (χ0n) is 30.4. The van der Waals surface area contributed by atoms with Gasteiger partial charge in [0.05, 0.1) is 16.5 Å². The number of ether oxygens (including phenoxy) is 3. The van der Waals surface area contributed by atoms with Crippen LogP contribution in [0, 0.1) is 28.6 Å². The van der Waals surface area contributed by atoms with Gasteiger partial charge in [-0.05, 0) is 61.1 Å². The first-order valence-electron chi connectivity index (χ1n) is 18.5. The summed E-state index contributed by atoms with van der Waals surface area (Å²) < 4.78 is 18.0. The molecule has 0 radical (unpaired) electrons. The Labute approximate surface area is 304 Å². The highest BCUT2D eigenvalue weighted by Gasteiger charge is 2.85. The van der Waals surface area contributed by atoms with Crippen LogP contribution in [0.25, 0.3) is 0 Å². The quantitative estimate of drug-likeness (QED) is 0.104. The predicted molar refractivity (Wildman–Crippen MR) is 191 cm³/mol. The minimum atomic E-state index is -2.41. The van der Waals surface area contributed by atoms with E-state index >= 15 is 4.79 Å². The molecule has 278 valence electrons. The minimum absolute atomic E-state index is 0.0370. The van der Waals surface area contributed by atoms with Crippen LogP contribution in [-0.4, -0.2) is 75.6 Å². The van der Waals surface area contributed by atoms with Crippen LogP contribution in [0.5, 0.6) is 0 Å². The summed E-state index contributed by atoms with van der Waals surface area (Å²) in [7, 11) is 0. The Kier molecular flexibility index (Phi) is 10.4. The van der Waals surface area contributed by atoms with Crippen molar-refractivity contribution in [2.45, 2.75) is 96.1 Å². The van der Waals surface area contributed by atoms with Gasteiger partial charge in [-0.1, -0.05) is 95.0 Å². The summed E-state index contributed by atoms with van der Waals surface area (Å²) in [4.78, 5) is 55.1. The molecule has 1 spiro atoms. The summed E-state index contributed by atoms with van der Waals surface area (Å²) in [5.74, 6) is -4.70. The van der Waals surface area contributed by atoms with Crippen LogP contribution in [0.3, 0.4) is 0 Å². The molecule has 0 heterocycles. The second-order valence-corrected chi connectivity index (χ2v) is 15.4. The number of fused-ring (bicyclic) bond motifs is 3. The molecule has 0 unspecified atom stereocenters. The van der Waals surface area contributed by atoms with E-state index < -0.39 is 82.3 Å². The third-order valence-corrected chi connectivity index (χ3v) is 12.3. The number of hydrogen-bond donors (Lipinski definition) is 3. The van der Waals surface area contributed by atoms with E-state index in [4.69, 9.17) is 14.2 Å². The maximum Gasteiger partial charge on any atom is 0.338 e. The van der Waals surface area contributed by atoms with Gasteiger partial charge in [-0.3, -0.25) is 9.59 Å². The minimum Gasteiger partial charge on any atom is -0.461 e. The SMILES string of the molecule is CCCCCCCC(=O)O[C@@]12C[C@@H](C)[C@]34C=C(C)[C@H](O)[C@@]3(O)[C@H](O)C(COC(=O)c3ccccc3)=C[C@H](C4=O)[C@@H]1[C@]2(C)COC(=O)c1ccccc1. The summed E-state index contributed by atoms with van der Waals surface area (Å²) >= 11 is 0. The van der Waals surface area contributed by atoms with Crippen LogP contribution in [0.4, 0.5) is 0 Å². The summed E-state index contributed by atoms with van der Waals surface area (Å²) in [5, 5.41) is 36.1. The number of carbonyl (C=O) groups is 4. The number of hydrogen-bond acceptors (Lipinski definition) is 10. The van der Waals surface area contributed by atoms with E-state index in [0.29, 0.717) is 17.6 Å². The second-order valence-electron chi connectivity index (χ2n) is 15.4. The van der Waals surface area contributed by atoms with Gasteiger partial charge in [0.15, 0.2) is 5.78 Å². The molecular formula is C42H50O10. The fourth-order valence-corrected chi connectivity index (χ4v) is 9.55. The number of aliphatic hydroxyl groups excluding tert-OH is 2. The number of aliphatic hydroxyl groups is 3. The van der Waals surface area contributed by atoms with E-state index in [0.717, 1.165) is 25.7 Å². The number of rotatable bonds is 13. The molecule has 4 aliphatic rings. The van der Waals surface area contributed by atoms with Gasteiger partial charge in [0.1, 0.15) is 36.6 Å². The van der Waals surface area contributed by atoms with Crippen LogP contribution < -0.4 is 0 Å². The maximum atomic E-state index is 15.2. The smallest absolute Gasteiger partial charge is 0.338 e. The Morgan fingerprint density at radius 2 is 1.46 bits per heavy atom. The van der Waals surface area contributed by atoms with Crippen molar-refractivity contribution in [3.8, 4) is 0 Å². The molecule has 0 saturated heterocycles. The Morgan fingerprint density at radius 3 is 2.08 bits per heavy atom. The molecule has 2 aromatic carbocycles. The molecule has 2 bridgehead atoms. The Hall–Kier alpha value is -4.12. The first-order chi connectivity index (χ1) is 24.8. The lowest BCUT2D eigenvalue weighted by atomic mass is 9.59. The van der Waals surface area contributed by atoms with Crippen molar-refractivity contribution in [2.75, 3.05) is 13.2 Å². The second kappa shape index (κ2) is 14.4. The van der Waals surface area contributed by atoms with Gasteiger partial charge < -0.3 is 29.5 Å². The van der Waals surface area contributed by atoms with E-state index in [1.807, 2.05) is 6.92 Å². The summed E-state index contributed by atoms with van der Waals surface area (Å²) in [6, 6.07) is 16.8. The van der Waals surface area contributed by atoms with E-state index in [1.54, 1.807) is 80.6 Å². The highest BCUT2D eigenvalue weighted by atomic mass is 16.6. The van der Waals surface area contributed by atoms with Crippen molar-refractivity contribution >= 4 is 23.7 Å². The number of ketones is 1. The molecule has 0 amide bonds. The monoisotopic (exact) mass is 714 g/mol. The fourth-order valence-electron chi connectivity index (χ4n) is 9.55. The van der Waals surface area contributed by atoms with Gasteiger partial charge in [0, 0.05) is 23.7 Å². The number of esters is 3. The van der Waals surface area contributed by atoms with Crippen LogP contribution in [0.1, 0.15) is 93.4 Å². The lowest BCUT2D eigenvalue weighted by Crippen LogP contribution is -2.65. The van der Waals surface area contributed by atoms with Crippen LogP contribution in [0.2, 0.25) is 0 Å². The summed E-state index contributed by atoms with van der Waals surface area (Å²) in [6.07, 6.45) is 4.57. The van der Waals surface area contributed by atoms with E-state index in [9.17, 15) is 29.7 Å². The zero-order chi connectivity index (χ0) is 37.5. The lowest BCUT2D eigenvalue weighted by Gasteiger charge is -2.48. The summed E-state index contributed by atoms with van der Waals surface area (Å²) in [5.41, 5.74) is -5.56. The predicted octanol–water partition coefficient (Wildman–Crippen LogP) is 5.54. The van der Waals surface area contributed by atoms with E-state index in [1.165, 1.54) is 6.08 Å². The van der Waals surface area contributed by atoms with Crippen molar-refractivity contribution in [3.63, 3.8) is 0 Å². The first kappa shape index (κ1) is 37.6. The van der Waals surface area contributed by atoms with Gasteiger partial charge in [0.25, 0.3) is 0 Å². The Bertz CT molecular complexity index is 1750. The normalized spacial score (nSPS) is 34.4. The largest absolute Gasteiger partial charge is 0.461 e. The third kappa shape index (κ3) is 5.93. The fraction of sp³-hybridized carbons (Fsp3) is 0.524. The number of Topliss-reactive ketones (excluding diaryl/α,β-unsaturated/α-hetero) is 1. The number of allylic oxidation sites excluding steroid dienone is 1. The Balaban J connectivity index is 1.41. The molecule has 9 atom stereocenters. The molecule has 3 N–H and O–H groups in total. The molecule has 10 heteroatoms. The highest BCUT2D eigenvalue weighted by Crippen LogP contribution is 2.75. The molecular weight excluding hydrogens is 664 g/mol. The number of carbonyl (C=O) groups excluding carboxylic acids is 4. The average molecular weight is 715 g/mol.